The largest absolute Gasteiger partial charge is 0.345 e. The van der Waals surface area contributed by atoms with E-state index in [1.165, 1.54) is 23.1 Å². The number of carbonyl (C=O) groups is 3. The quantitative estimate of drug-likeness (QED) is 0.527. The molecule has 0 atom stereocenters. The molecule has 2 aromatic rings. The Labute approximate surface area is 174 Å². The molecule has 0 fully saturated rings. The Morgan fingerprint density at radius 2 is 1.70 bits per heavy atom. The Balaban J connectivity index is 1.96. The maximum atomic E-state index is 12.5. The molecule has 9 heteroatoms. The van der Waals surface area contributed by atoms with E-state index < -0.39 is 10.8 Å². The van der Waals surface area contributed by atoms with E-state index in [0.717, 1.165) is 11.6 Å². The zero-order valence-electron chi connectivity index (χ0n) is 17.1. The van der Waals surface area contributed by atoms with Crippen molar-refractivity contribution < 1.29 is 19.3 Å². The fourth-order valence-electron chi connectivity index (χ4n) is 2.74. The number of rotatable bonds is 8. The van der Waals surface area contributed by atoms with E-state index in [-0.39, 0.29) is 29.6 Å². The van der Waals surface area contributed by atoms with Crippen molar-refractivity contribution in [3.05, 3.63) is 75.3 Å². The van der Waals surface area contributed by atoms with E-state index in [0.29, 0.717) is 18.7 Å². The predicted octanol–water partition coefficient (Wildman–Crippen LogP) is 2.08. The number of likely N-dealkylation sites (N-methyl/N-ethyl adjacent to an activating group) is 1. The molecule has 0 aliphatic carbocycles. The van der Waals surface area contributed by atoms with Gasteiger partial charge in [0.05, 0.1) is 11.5 Å². The summed E-state index contributed by atoms with van der Waals surface area (Å²) in [5, 5.41) is 13.3. The monoisotopic (exact) mass is 412 g/mol. The molecule has 9 nitrogen and oxygen atoms in total. The van der Waals surface area contributed by atoms with Gasteiger partial charge in [-0.05, 0) is 30.7 Å². The van der Waals surface area contributed by atoms with Crippen molar-refractivity contribution in [2.45, 2.75) is 13.5 Å². The van der Waals surface area contributed by atoms with Crippen LogP contribution in [0.15, 0.2) is 48.5 Å². The number of nitrogens with zero attached hydrogens (tertiary/aromatic N) is 3. The molecule has 0 spiro atoms. The first-order valence-electron chi connectivity index (χ1n) is 9.34. The van der Waals surface area contributed by atoms with E-state index in [1.54, 1.807) is 43.3 Å². The molecular formula is C21H24N4O5. The second kappa shape index (κ2) is 10.1. The lowest BCUT2D eigenvalue weighted by atomic mass is 10.1. The zero-order valence-corrected chi connectivity index (χ0v) is 17.1. The molecule has 0 aliphatic heterocycles. The van der Waals surface area contributed by atoms with E-state index in [4.69, 9.17) is 0 Å². The molecule has 0 aliphatic rings. The maximum Gasteiger partial charge on any atom is 0.270 e. The van der Waals surface area contributed by atoms with E-state index in [2.05, 4.69) is 5.32 Å². The van der Waals surface area contributed by atoms with Crippen LogP contribution in [0.25, 0.3) is 0 Å². The number of benzene rings is 2. The topological polar surface area (TPSA) is 113 Å². The highest BCUT2D eigenvalue weighted by Crippen LogP contribution is 2.13. The molecule has 0 saturated heterocycles. The summed E-state index contributed by atoms with van der Waals surface area (Å²) in [4.78, 5) is 50.0. The van der Waals surface area contributed by atoms with Crippen molar-refractivity contribution in [1.82, 2.24) is 15.1 Å². The number of non-ortho nitro benzene ring substituents is 1. The highest BCUT2D eigenvalue weighted by Gasteiger charge is 2.16. The molecule has 2 rings (SSSR count). The summed E-state index contributed by atoms with van der Waals surface area (Å²) < 4.78 is 0. The van der Waals surface area contributed by atoms with Crippen LogP contribution >= 0.6 is 0 Å². The van der Waals surface area contributed by atoms with Crippen LogP contribution in [0.4, 0.5) is 5.69 Å². The van der Waals surface area contributed by atoms with Crippen molar-refractivity contribution in [2.75, 3.05) is 27.2 Å². The first-order valence-corrected chi connectivity index (χ1v) is 9.34. The van der Waals surface area contributed by atoms with E-state index in [1.807, 2.05) is 6.92 Å². The van der Waals surface area contributed by atoms with Crippen molar-refractivity contribution in [3.8, 4) is 0 Å². The minimum absolute atomic E-state index is 0.103. The highest BCUT2D eigenvalue weighted by atomic mass is 16.6. The third kappa shape index (κ3) is 5.87. The number of carbonyl (C=O) groups excluding carboxylic acids is 3. The molecule has 158 valence electrons. The van der Waals surface area contributed by atoms with Gasteiger partial charge in [0.1, 0.15) is 0 Å². The lowest BCUT2D eigenvalue weighted by Gasteiger charge is -2.21. The maximum absolute atomic E-state index is 12.5. The van der Waals surface area contributed by atoms with Crippen molar-refractivity contribution in [2.24, 2.45) is 0 Å². The second-order valence-electron chi connectivity index (χ2n) is 6.79. The van der Waals surface area contributed by atoms with Gasteiger partial charge in [-0.25, -0.2) is 0 Å². The number of nitro benzene ring substituents is 1. The van der Waals surface area contributed by atoms with Gasteiger partial charge >= 0.3 is 0 Å². The van der Waals surface area contributed by atoms with Crippen LogP contribution in [0.2, 0.25) is 0 Å². The molecule has 1 N–H and O–H groups in total. The van der Waals surface area contributed by atoms with Gasteiger partial charge in [-0.15, -0.1) is 0 Å². The van der Waals surface area contributed by atoms with Crippen LogP contribution in [0.5, 0.6) is 0 Å². The van der Waals surface area contributed by atoms with Crippen LogP contribution < -0.4 is 5.32 Å². The third-order valence-corrected chi connectivity index (χ3v) is 4.43. The van der Waals surface area contributed by atoms with Gasteiger partial charge in [0.15, 0.2) is 0 Å². The Bertz CT molecular complexity index is 941. The lowest BCUT2D eigenvalue weighted by Crippen LogP contribution is -2.39. The molecule has 0 unspecified atom stereocenters. The van der Waals surface area contributed by atoms with E-state index in [9.17, 15) is 24.5 Å². The summed E-state index contributed by atoms with van der Waals surface area (Å²) in [5.41, 5.74) is 1.33. The minimum Gasteiger partial charge on any atom is -0.345 e. The summed E-state index contributed by atoms with van der Waals surface area (Å²) in [6.45, 7) is 2.36. The van der Waals surface area contributed by atoms with Crippen LogP contribution in [-0.4, -0.2) is 59.6 Å². The van der Waals surface area contributed by atoms with Crippen molar-refractivity contribution in [3.63, 3.8) is 0 Å². The van der Waals surface area contributed by atoms with Gasteiger partial charge in [0.2, 0.25) is 5.91 Å². The van der Waals surface area contributed by atoms with Gasteiger partial charge in [-0.2, -0.15) is 0 Å². The fourth-order valence-corrected chi connectivity index (χ4v) is 2.74. The molecule has 2 aromatic carbocycles. The molecule has 0 bridgehead atoms. The molecule has 0 saturated carbocycles. The summed E-state index contributed by atoms with van der Waals surface area (Å²) in [6, 6.07) is 12.3. The summed E-state index contributed by atoms with van der Waals surface area (Å²) in [5.74, 6) is -0.951. The average molecular weight is 412 g/mol. The smallest absolute Gasteiger partial charge is 0.270 e. The van der Waals surface area contributed by atoms with Crippen LogP contribution in [0.1, 0.15) is 33.2 Å². The molecule has 0 radical (unpaired) electrons. The third-order valence-electron chi connectivity index (χ3n) is 4.43. The lowest BCUT2D eigenvalue weighted by molar-refractivity contribution is -0.384. The Kier molecular flexibility index (Phi) is 7.62. The van der Waals surface area contributed by atoms with Crippen molar-refractivity contribution >= 4 is 23.4 Å². The number of hydrogen-bond donors (Lipinski definition) is 1. The van der Waals surface area contributed by atoms with Gasteiger partial charge < -0.3 is 15.1 Å². The molecule has 3 amide bonds. The van der Waals surface area contributed by atoms with Crippen LogP contribution in [0, 0.1) is 10.1 Å². The highest BCUT2D eigenvalue weighted by molar-refractivity contribution is 5.97. The number of amides is 3. The predicted molar refractivity (Wildman–Crippen MR) is 111 cm³/mol. The van der Waals surface area contributed by atoms with Gasteiger partial charge in [0.25, 0.3) is 17.5 Å². The fraction of sp³-hybridized carbons (Fsp3) is 0.286. The molecule has 0 heterocycles. The Morgan fingerprint density at radius 3 is 2.27 bits per heavy atom. The van der Waals surface area contributed by atoms with Gasteiger partial charge in [0, 0.05) is 50.4 Å². The first-order chi connectivity index (χ1) is 14.2. The number of nitro groups is 1. The van der Waals surface area contributed by atoms with Crippen LogP contribution in [0.3, 0.4) is 0 Å². The molecule has 0 aromatic heterocycles. The summed E-state index contributed by atoms with van der Waals surface area (Å²) in [6.07, 6.45) is 0. The standard InChI is InChI=1S/C21H24N4O5/c1-4-24(14-15-8-10-16(11-9-15)21(28)23(2)3)19(26)13-22-20(27)17-6-5-7-18(12-17)25(29)30/h5-12H,4,13-14H2,1-3H3,(H,22,27). The Hall–Kier alpha value is -3.75. The molecule has 30 heavy (non-hydrogen) atoms. The van der Waals surface area contributed by atoms with Crippen LogP contribution in [-0.2, 0) is 11.3 Å². The van der Waals surface area contributed by atoms with Gasteiger partial charge in [-0.1, -0.05) is 18.2 Å². The SMILES string of the molecule is CCN(Cc1ccc(C(=O)N(C)C)cc1)C(=O)CNC(=O)c1cccc([N+](=O)[O-])c1. The average Bonchev–Trinajstić information content (AvgIpc) is 2.75. The Morgan fingerprint density at radius 1 is 1.03 bits per heavy atom. The number of nitrogens with one attached hydrogen (secondary N) is 1. The second-order valence-corrected chi connectivity index (χ2v) is 6.79. The summed E-state index contributed by atoms with van der Waals surface area (Å²) in [7, 11) is 3.35. The zero-order chi connectivity index (χ0) is 22.3. The number of hydrogen-bond acceptors (Lipinski definition) is 5. The summed E-state index contributed by atoms with van der Waals surface area (Å²) >= 11 is 0. The normalized spacial score (nSPS) is 10.2. The van der Waals surface area contributed by atoms with Crippen molar-refractivity contribution in [1.29, 1.82) is 0 Å². The minimum atomic E-state index is -0.585. The molecular weight excluding hydrogens is 388 g/mol. The first kappa shape index (κ1) is 22.5. The van der Waals surface area contributed by atoms with Gasteiger partial charge in [-0.3, -0.25) is 24.5 Å². The van der Waals surface area contributed by atoms with E-state index >= 15 is 0 Å².